The van der Waals surface area contributed by atoms with Gasteiger partial charge >= 0.3 is 0 Å². The second-order valence-corrected chi connectivity index (χ2v) is 3.43. The van der Waals surface area contributed by atoms with E-state index in [9.17, 15) is 0 Å². The van der Waals surface area contributed by atoms with E-state index in [2.05, 4.69) is 9.97 Å². The van der Waals surface area contributed by atoms with Gasteiger partial charge in [-0.25, -0.2) is 9.97 Å². The summed E-state index contributed by atoms with van der Waals surface area (Å²) >= 11 is 5.88. The number of aryl methyl sites for hydroxylation is 2. The number of hydrogen-bond donors (Lipinski definition) is 1. The van der Waals surface area contributed by atoms with E-state index in [0.29, 0.717) is 10.7 Å². The van der Waals surface area contributed by atoms with Gasteiger partial charge in [0.1, 0.15) is 16.5 Å². The lowest BCUT2D eigenvalue weighted by molar-refractivity contribution is 0.874. The van der Waals surface area contributed by atoms with Crippen molar-refractivity contribution in [3.63, 3.8) is 0 Å². The van der Waals surface area contributed by atoms with Crippen LogP contribution in [0.15, 0.2) is 6.07 Å². The second-order valence-electron chi connectivity index (χ2n) is 3.07. The normalized spacial score (nSPS) is 10.8. The molecule has 0 spiro atoms. The number of pyridine rings is 1. The Hall–Kier alpha value is -1.42. The zero-order chi connectivity index (χ0) is 10.3. The monoisotopic (exact) mass is 208 g/mol. The number of nitrogens with zero attached hydrogens (tertiary/aromatic N) is 3. The number of hydrogen-bond acceptors (Lipinski definition) is 3. The van der Waals surface area contributed by atoms with Crippen LogP contribution in [0.5, 0.6) is 0 Å². The zero-order valence-electron chi connectivity index (χ0n) is 7.87. The van der Waals surface area contributed by atoms with Crippen molar-refractivity contribution in [2.45, 2.75) is 6.92 Å². The van der Waals surface area contributed by atoms with Gasteiger partial charge in [0.15, 0.2) is 5.65 Å². The van der Waals surface area contributed by atoms with Gasteiger partial charge in [-0.15, -0.1) is 0 Å². The summed E-state index contributed by atoms with van der Waals surface area (Å²) in [5.74, 6) is 0.880. The van der Waals surface area contributed by atoms with Crippen LogP contribution in [-0.2, 0) is 7.05 Å². The van der Waals surface area contributed by atoms with E-state index in [4.69, 9.17) is 17.0 Å². The van der Waals surface area contributed by atoms with E-state index in [-0.39, 0.29) is 0 Å². The lowest BCUT2D eigenvalue weighted by atomic mass is 10.3. The minimum absolute atomic E-state index is 0.343. The molecule has 0 bridgehead atoms. The van der Waals surface area contributed by atoms with Crippen LogP contribution in [0.3, 0.4) is 0 Å². The van der Waals surface area contributed by atoms with Crippen molar-refractivity contribution in [2.24, 2.45) is 7.05 Å². The summed E-state index contributed by atoms with van der Waals surface area (Å²) < 4.78 is 1.87. The molecular formula is C9H9ClN4. The van der Waals surface area contributed by atoms with Crippen molar-refractivity contribution in [2.75, 3.05) is 0 Å². The standard InChI is InChI=1S/C9H9ClN4/c1-5-12-7-3-6(4-11)8(10)13-9(7)14(5)2/h3-4,11H,1-2H3. The molecule has 0 saturated heterocycles. The van der Waals surface area contributed by atoms with Gasteiger partial charge in [0, 0.05) is 18.8 Å². The average Bonchev–Trinajstić information content (AvgIpc) is 2.43. The fraction of sp³-hybridized carbons (Fsp3) is 0.222. The fourth-order valence-electron chi connectivity index (χ4n) is 1.32. The van der Waals surface area contributed by atoms with Crippen molar-refractivity contribution >= 4 is 29.0 Å². The summed E-state index contributed by atoms with van der Waals surface area (Å²) in [4.78, 5) is 8.48. The van der Waals surface area contributed by atoms with Crippen molar-refractivity contribution in [3.05, 3.63) is 22.6 Å². The molecule has 2 rings (SSSR count). The Labute approximate surface area is 86.1 Å². The Morgan fingerprint density at radius 1 is 1.50 bits per heavy atom. The highest BCUT2D eigenvalue weighted by atomic mass is 35.5. The lowest BCUT2D eigenvalue weighted by Gasteiger charge is -1.98. The lowest BCUT2D eigenvalue weighted by Crippen LogP contribution is -1.94. The molecule has 0 atom stereocenters. The summed E-state index contributed by atoms with van der Waals surface area (Å²) in [7, 11) is 1.89. The van der Waals surface area contributed by atoms with E-state index >= 15 is 0 Å². The number of imidazole rings is 1. The molecule has 0 radical (unpaired) electrons. The molecular weight excluding hydrogens is 200 g/mol. The third-order valence-electron chi connectivity index (χ3n) is 2.20. The maximum absolute atomic E-state index is 7.14. The zero-order valence-corrected chi connectivity index (χ0v) is 8.63. The fourth-order valence-corrected chi connectivity index (χ4v) is 1.51. The summed E-state index contributed by atoms with van der Waals surface area (Å²) in [6, 6.07) is 1.77. The maximum Gasteiger partial charge on any atom is 0.161 e. The first-order chi connectivity index (χ1) is 6.63. The summed E-state index contributed by atoms with van der Waals surface area (Å²) in [5.41, 5.74) is 2.11. The molecule has 0 aliphatic heterocycles. The molecule has 1 N–H and O–H groups in total. The van der Waals surface area contributed by atoms with Crippen LogP contribution in [0, 0.1) is 12.3 Å². The first-order valence-corrected chi connectivity index (χ1v) is 4.51. The van der Waals surface area contributed by atoms with Gasteiger partial charge in [0.25, 0.3) is 0 Å². The second kappa shape index (κ2) is 3.06. The van der Waals surface area contributed by atoms with Gasteiger partial charge in [-0.2, -0.15) is 0 Å². The first kappa shape index (κ1) is 9.15. The highest BCUT2D eigenvalue weighted by Crippen LogP contribution is 2.18. The molecule has 4 nitrogen and oxygen atoms in total. The third kappa shape index (κ3) is 1.19. The number of halogens is 1. The first-order valence-electron chi connectivity index (χ1n) is 4.13. The molecule has 2 aromatic rings. The van der Waals surface area contributed by atoms with Crippen LogP contribution in [0.2, 0.25) is 5.15 Å². The van der Waals surface area contributed by atoms with Crippen molar-refractivity contribution in [1.29, 1.82) is 5.41 Å². The molecule has 2 aromatic heterocycles. The van der Waals surface area contributed by atoms with Crippen molar-refractivity contribution < 1.29 is 0 Å². The Bertz CT molecular complexity index is 515. The molecule has 0 unspecified atom stereocenters. The summed E-state index contributed by atoms with van der Waals surface area (Å²) in [6.07, 6.45) is 1.18. The van der Waals surface area contributed by atoms with Gasteiger partial charge in [0.05, 0.1) is 0 Å². The smallest absolute Gasteiger partial charge is 0.161 e. The topological polar surface area (TPSA) is 54.6 Å². The number of aromatic nitrogens is 3. The van der Waals surface area contributed by atoms with E-state index in [1.165, 1.54) is 6.21 Å². The van der Waals surface area contributed by atoms with Gasteiger partial charge in [-0.3, -0.25) is 0 Å². The van der Waals surface area contributed by atoms with Crippen LogP contribution in [0.4, 0.5) is 0 Å². The molecule has 0 saturated carbocycles. The molecule has 72 valence electrons. The van der Waals surface area contributed by atoms with E-state index in [1.807, 2.05) is 18.5 Å². The molecule has 0 aromatic carbocycles. The summed E-state index contributed by atoms with van der Waals surface area (Å²) in [6.45, 7) is 1.90. The van der Waals surface area contributed by atoms with Crippen LogP contribution >= 0.6 is 11.6 Å². The molecule has 2 heterocycles. The van der Waals surface area contributed by atoms with Gasteiger partial charge in [0.2, 0.25) is 0 Å². The highest BCUT2D eigenvalue weighted by Gasteiger charge is 2.08. The number of rotatable bonds is 1. The van der Waals surface area contributed by atoms with Crippen LogP contribution in [0.1, 0.15) is 11.4 Å². The molecule has 0 amide bonds. The minimum atomic E-state index is 0.343. The van der Waals surface area contributed by atoms with E-state index in [1.54, 1.807) is 6.07 Å². The Balaban J connectivity index is 2.85. The predicted octanol–water partition coefficient (Wildman–Crippen LogP) is 1.93. The quantitative estimate of drug-likeness (QED) is 0.575. The summed E-state index contributed by atoms with van der Waals surface area (Å²) in [5, 5.41) is 7.48. The van der Waals surface area contributed by atoms with Gasteiger partial charge in [-0.1, -0.05) is 11.6 Å². The Kier molecular flexibility index (Phi) is 2.00. The van der Waals surface area contributed by atoms with Crippen molar-refractivity contribution in [1.82, 2.24) is 14.5 Å². The van der Waals surface area contributed by atoms with E-state index < -0.39 is 0 Å². The van der Waals surface area contributed by atoms with Crippen LogP contribution in [0.25, 0.3) is 11.2 Å². The number of fused-ring (bicyclic) bond motifs is 1. The molecule has 0 aliphatic carbocycles. The third-order valence-corrected chi connectivity index (χ3v) is 2.51. The molecule has 14 heavy (non-hydrogen) atoms. The van der Waals surface area contributed by atoms with Crippen molar-refractivity contribution in [3.8, 4) is 0 Å². The van der Waals surface area contributed by atoms with E-state index in [0.717, 1.165) is 17.0 Å². The predicted molar refractivity (Wildman–Crippen MR) is 56.1 cm³/mol. The molecule has 5 heteroatoms. The maximum atomic E-state index is 7.14. The molecule has 0 aliphatic rings. The van der Waals surface area contributed by atoms with Gasteiger partial charge < -0.3 is 9.98 Å². The Morgan fingerprint density at radius 3 is 2.86 bits per heavy atom. The van der Waals surface area contributed by atoms with Crippen LogP contribution in [-0.4, -0.2) is 20.7 Å². The molecule has 0 fully saturated rings. The Morgan fingerprint density at radius 2 is 2.21 bits per heavy atom. The number of nitrogens with one attached hydrogen (secondary N) is 1. The minimum Gasteiger partial charge on any atom is -0.316 e. The average molecular weight is 209 g/mol. The van der Waals surface area contributed by atoms with Crippen LogP contribution < -0.4 is 0 Å². The highest BCUT2D eigenvalue weighted by molar-refractivity contribution is 6.32. The SMILES string of the molecule is Cc1nc2cc(C=N)c(Cl)nc2n1C. The van der Waals surface area contributed by atoms with Gasteiger partial charge in [-0.05, 0) is 13.0 Å². The largest absolute Gasteiger partial charge is 0.316 e.